The van der Waals surface area contributed by atoms with Crippen LogP contribution in [0.25, 0.3) is 21.9 Å². The molecule has 1 nitrogen and oxygen atoms in total. The largest absolute Gasteiger partial charge is 0.247 e. The van der Waals surface area contributed by atoms with E-state index in [1.54, 1.807) is 6.20 Å². The number of benzene rings is 2. The number of terminal acetylenes is 1. The Morgan fingerprint density at radius 2 is 1.61 bits per heavy atom. The monoisotopic (exact) mass is 229 g/mol. The summed E-state index contributed by atoms with van der Waals surface area (Å²) in [5.74, 6) is 2.65. The Morgan fingerprint density at radius 1 is 0.833 bits per heavy atom. The normalized spacial score (nSPS) is 10.2. The number of rotatable bonds is 1. The minimum absolute atomic E-state index is 0.689. The second kappa shape index (κ2) is 4.35. The molecule has 0 spiro atoms. The number of hydrogen-bond acceptors (Lipinski definition) is 1. The molecule has 0 bridgehead atoms. The first kappa shape index (κ1) is 10.6. The van der Waals surface area contributed by atoms with Crippen molar-refractivity contribution >= 4 is 10.8 Å². The number of pyridine rings is 1. The van der Waals surface area contributed by atoms with E-state index in [-0.39, 0.29) is 0 Å². The predicted molar refractivity (Wildman–Crippen MR) is 75.1 cm³/mol. The predicted octanol–water partition coefficient (Wildman–Crippen LogP) is 3.88. The van der Waals surface area contributed by atoms with Crippen LogP contribution in [0.4, 0.5) is 0 Å². The quantitative estimate of drug-likeness (QED) is 0.577. The molecule has 0 aliphatic carbocycles. The van der Waals surface area contributed by atoms with Crippen molar-refractivity contribution in [2.75, 3.05) is 0 Å². The van der Waals surface area contributed by atoms with Crippen LogP contribution in [0.15, 0.2) is 60.8 Å². The number of hydrogen-bond donors (Lipinski definition) is 0. The molecule has 0 fully saturated rings. The van der Waals surface area contributed by atoms with Gasteiger partial charge in [0, 0.05) is 11.8 Å². The molecule has 1 heteroatoms. The summed E-state index contributed by atoms with van der Waals surface area (Å²) in [6, 6.07) is 18.5. The summed E-state index contributed by atoms with van der Waals surface area (Å²) in [5, 5.41) is 2.41. The van der Waals surface area contributed by atoms with Crippen molar-refractivity contribution < 1.29 is 0 Å². The molecule has 0 N–H and O–H groups in total. The molecule has 0 aliphatic rings. The van der Waals surface area contributed by atoms with Crippen LogP contribution in [0.2, 0.25) is 0 Å². The first-order valence-electron chi connectivity index (χ1n) is 5.80. The van der Waals surface area contributed by atoms with Gasteiger partial charge in [-0.05, 0) is 34.4 Å². The first-order valence-corrected chi connectivity index (χ1v) is 5.80. The van der Waals surface area contributed by atoms with Gasteiger partial charge in [-0.1, -0.05) is 42.5 Å². The Morgan fingerprint density at radius 3 is 2.50 bits per heavy atom. The van der Waals surface area contributed by atoms with Gasteiger partial charge in [-0.25, -0.2) is 4.98 Å². The lowest BCUT2D eigenvalue weighted by atomic mass is 9.97. The van der Waals surface area contributed by atoms with Crippen LogP contribution in [0.3, 0.4) is 0 Å². The van der Waals surface area contributed by atoms with Crippen molar-refractivity contribution in [1.29, 1.82) is 0 Å². The van der Waals surface area contributed by atoms with Gasteiger partial charge in [-0.15, -0.1) is 6.42 Å². The fourth-order valence-corrected chi connectivity index (χ4v) is 2.20. The molecule has 0 saturated carbocycles. The van der Waals surface area contributed by atoms with E-state index in [4.69, 9.17) is 6.42 Å². The summed E-state index contributed by atoms with van der Waals surface area (Å²) in [4.78, 5) is 4.24. The fraction of sp³-hybridized carbons (Fsp3) is 0. The van der Waals surface area contributed by atoms with Gasteiger partial charge in [0.1, 0.15) is 5.69 Å². The highest BCUT2D eigenvalue weighted by Crippen LogP contribution is 2.29. The van der Waals surface area contributed by atoms with Crippen LogP contribution in [0.5, 0.6) is 0 Å². The average Bonchev–Trinajstić information content (AvgIpc) is 2.46. The van der Waals surface area contributed by atoms with Crippen molar-refractivity contribution in [1.82, 2.24) is 4.98 Å². The molecule has 84 valence electrons. The number of fused-ring (bicyclic) bond motifs is 1. The van der Waals surface area contributed by atoms with Crippen LogP contribution in [-0.4, -0.2) is 4.98 Å². The van der Waals surface area contributed by atoms with E-state index in [0.29, 0.717) is 5.69 Å². The van der Waals surface area contributed by atoms with E-state index in [0.717, 1.165) is 11.1 Å². The van der Waals surface area contributed by atoms with Gasteiger partial charge < -0.3 is 0 Å². The van der Waals surface area contributed by atoms with E-state index >= 15 is 0 Å². The Kier molecular flexibility index (Phi) is 2.55. The summed E-state index contributed by atoms with van der Waals surface area (Å²) in [6.07, 6.45) is 7.25. The average molecular weight is 229 g/mol. The van der Waals surface area contributed by atoms with Crippen molar-refractivity contribution in [2.24, 2.45) is 0 Å². The number of aromatic nitrogens is 1. The summed E-state index contributed by atoms with van der Waals surface area (Å²) in [6.45, 7) is 0. The van der Waals surface area contributed by atoms with E-state index < -0.39 is 0 Å². The molecule has 0 radical (unpaired) electrons. The van der Waals surface area contributed by atoms with Gasteiger partial charge in [-0.2, -0.15) is 0 Å². The molecule has 1 aromatic heterocycles. The van der Waals surface area contributed by atoms with Gasteiger partial charge in [0.2, 0.25) is 0 Å². The highest BCUT2D eigenvalue weighted by Gasteiger charge is 2.07. The van der Waals surface area contributed by atoms with Crippen LogP contribution in [0, 0.1) is 12.3 Å². The van der Waals surface area contributed by atoms with Gasteiger partial charge in [0.25, 0.3) is 0 Å². The summed E-state index contributed by atoms with van der Waals surface area (Å²) in [7, 11) is 0. The Bertz CT molecular complexity index is 745. The first-order chi connectivity index (χ1) is 8.90. The van der Waals surface area contributed by atoms with Gasteiger partial charge in [0.15, 0.2) is 0 Å². The Balaban J connectivity index is 2.36. The Hall–Kier alpha value is -2.59. The van der Waals surface area contributed by atoms with Crippen LogP contribution in [-0.2, 0) is 0 Å². The van der Waals surface area contributed by atoms with Gasteiger partial charge in [0.05, 0.1) is 0 Å². The van der Waals surface area contributed by atoms with Crippen molar-refractivity contribution in [3.63, 3.8) is 0 Å². The molecule has 0 atom stereocenters. The molecular formula is C17H11N. The fourth-order valence-electron chi connectivity index (χ4n) is 2.20. The second-order valence-electron chi connectivity index (χ2n) is 4.07. The molecule has 0 unspecified atom stereocenters. The summed E-state index contributed by atoms with van der Waals surface area (Å²) in [5.41, 5.74) is 2.83. The maximum atomic E-state index is 5.52. The number of nitrogens with zero attached hydrogens (tertiary/aromatic N) is 1. The maximum Gasteiger partial charge on any atom is 0.120 e. The SMILES string of the molecule is C#Cc1ncccc1-c1cccc2ccccc12. The van der Waals surface area contributed by atoms with Gasteiger partial charge in [-0.3, -0.25) is 0 Å². The van der Waals surface area contributed by atoms with E-state index in [1.807, 2.05) is 30.3 Å². The van der Waals surface area contributed by atoms with Crippen molar-refractivity contribution in [2.45, 2.75) is 0 Å². The smallest absolute Gasteiger partial charge is 0.120 e. The molecule has 2 aromatic carbocycles. The zero-order valence-corrected chi connectivity index (χ0v) is 9.80. The van der Waals surface area contributed by atoms with Gasteiger partial charge >= 0.3 is 0 Å². The van der Waals surface area contributed by atoms with Crippen LogP contribution < -0.4 is 0 Å². The lowest BCUT2D eigenvalue weighted by molar-refractivity contribution is 1.29. The topological polar surface area (TPSA) is 12.9 Å². The zero-order chi connectivity index (χ0) is 12.4. The van der Waals surface area contributed by atoms with E-state index in [2.05, 4.69) is 35.2 Å². The maximum absolute atomic E-state index is 5.52. The molecule has 1 heterocycles. The lowest BCUT2D eigenvalue weighted by Crippen LogP contribution is -1.88. The van der Waals surface area contributed by atoms with Crippen LogP contribution in [0.1, 0.15) is 5.69 Å². The molecule has 0 amide bonds. The second-order valence-corrected chi connectivity index (χ2v) is 4.07. The standard InChI is InChI=1S/C17H11N/c1-2-17-16(11-6-12-18-17)15-10-5-8-13-7-3-4-9-14(13)15/h1,3-12H. The molecule has 0 saturated heterocycles. The third-order valence-corrected chi connectivity index (χ3v) is 3.02. The molecule has 3 aromatic rings. The highest BCUT2D eigenvalue weighted by molar-refractivity contribution is 5.97. The Labute approximate surface area is 106 Å². The van der Waals surface area contributed by atoms with Crippen molar-refractivity contribution in [3.8, 4) is 23.5 Å². The highest BCUT2D eigenvalue weighted by atomic mass is 14.7. The summed E-state index contributed by atoms with van der Waals surface area (Å²) >= 11 is 0. The molecule has 0 aliphatic heterocycles. The van der Waals surface area contributed by atoms with Crippen molar-refractivity contribution in [3.05, 3.63) is 66.5 Å². The van der Waals surface area contributed by atoms with E-state index in [9.17, 15) is 0 Å². The van der Waals surface area contributed by atoms with E-state index in [1.165, 1.54) is 10.8 Å². The minimum Gasteiger partial charge on any atom is -0.247 e. The zero-order valence-electron chi connectivity index (χ0n) is 9.80. The van der Waals surface area contributed by atoms with Crippen LogP contribution >= 0.6 is 0 Å². The molecule has 3 rings (SSSR count). The molecular weight excluding hydrogens is 218 g/mol. The minimum atomic E-state index is 0.689. The molecule has 18 heavy (non-hydrogen) atoms. The lowest BCUT2D eigenvalue weighted by Gasteiger charge is -2.08. The third-order valence-electron chi connectivity index (χ3n) is 3.02. The third kappa shape index (κ3) is 1.65. The summed E-state index contributed by atoms with van der Waals surface area (Å²) < 4.78 is 0.